The van der Waals surface area contributed by atoms with E-state index in [1.807, 2.05) is 55.5 Å². The molecule has 0 aliphatic heterocycles. The largest absolute Gasteiger partial charge is 0.496 e. The Balaban J connectivity index is 1.85. The predicted molar refractivity (Wildman–Crippen MR) is 91.7 cm³/mol. The number of nitrogens with one attached hydrogen (secondary N) is 1. The van der Waals surface area contributed by atoms with E-state index in [-0.39, 0.29) is 5.69 Å². The highest BCUT2D eigenvalue weighted by atomic mass is 16.5. The molecule has 1 N–H and O–H groups in total. The van der Waals surface area contributed by atoms with E-state index in [2.05, 4.69) is 16.4 Å². The van der Waals surface area contributed by atoms with Gasteiger partial charge in [-0.2, -0.15) is 10.2 Å². The highest BCUT2D eigenvalue weighted by Gasteiger charge is 2.17. The Kier molecular flexibility index (Phi) is 4.48. The van der Waals surface area contributed by atoms with Gasteiger partial charge >= 0.3 is 0 Å². The van der Waals surface area contributed by atoms with E-state index in [0.717, 1.165) is 5.56 Å². The molecule has 0 saturated heterocycles. The van der Waals surface area contributed by atoms with Gasteiger partial charge in [0, 0.05) is 6.54 Å². The number of methoxy groups -OCH3 is 1. The van der Waals surface area contributed by atoms with E-state index in [1.165, 1.54) is 5.56 Å². The first-order valence-electron chi connectivity index (χ1n) is 7.55. The van der Waals surface area contributed by atoms with Crippen LogP contribution in [0.1, 0.15) is 16.8 Å². The first-order chi connectivity index (χ1) is 11.7. The number of benzene rings is 2. The Bertz CT molecular complexity index is 876. The molecule has 0 unspecified atom stereocenters. The normalized spacial score (nSPS) is 10.2. The maximum absolute atomic E-state index is 9.30. The second-order valence-electron chi connectivity index (χ2n) is 5.35. The molecule has 0 aliphatic carbocycles. The summed E-state index contributed by atoms with van der Waals surface area (Å²) in [5.41, 5.74) is 3.23. The van der Waals surface area contributed by atoms with Crippen LogP contribution in [0.2, 0.25) is 0 Å². The summed E-state index contributed by atoms with van der Waals surface area (Å²) in [7, 11) is 1.59. The third kappa shape index (κ3) is 3.23. The molecule has 5 heteroatoms. The second-order valence-corrected chi connectivity index (χ2v) is 5.35. The topological polar surface area (TPSA) is 71.1 Å². The van der Waals surface area contributed by atoms with Crippen molar-refractivity contribution in [2.24, 2.45) is 0 Å². The molecule has 0 amide bonds. The molecular formula is C19H17N3O2. The van der Waals surface area contributed by atoms with Gasteiger partial charge in [0.15, 0.2) is 0 Å². The Labute approximate surface area is 140 Å². The molecule has 24 heavy (non-hydrogen) atoms. The van der Waals surface area contributed by atoms with Crippen molar-refractivity contribution in [2.45, 2.75) is 13.5 Å². The number of anilines is 1. The Morgan fingerprint density at radius 3 is 2.62 bits per heavy atom. The van der Waals surface area contributed by atoms with Crippen LogP contribution in [0.3, 0.4) is 0 Å². The van der Waals surface area contributed by atoms with Crippen molar-refractivity contribution in [2.75, 3.05) is 12.4 Å². The van der Waals surface area contributed by atoms with Gasteiger partial charge in [-0.25, -0.2) is 0 Å². The van der Waals surface area contributed by atoms with Crippen LogP contribution in [-0.4, -0.2) is 12.1 Å². The molecule has 1 aromatic heterocycles. The molecule has 0 aliphatic rings. The van der Waals surface area contributed by atoms with Crippen LogP contribution in [-0.2, 0) is 6.54 Å². The van der Waals surface area contributed by atoms with Crippen molar-refractivity contribution >= 4 is 5.88 Å². The fraction of sp³-hybridized carbons (Fsp3) is 0.158. The van der Waals surface area contributed by atoms with Crippen molar-refractivity contribution in [3.05, 3.63) is 65.4 Å². The van der Waals surface area contributed by atoms with Gasteiger partial charge < -0.3 is 14.5 Å². The molecule has 0 atom stereocenters. The molecule has 2 aromatic carbocycles. The average molecular weight is 319 g/mol. The number of aryl methyl sites for hydroxylation is 1. The quantitative estimate of drug-likeness (QED) is 0.765. The summed E-state index contributed by atoms with van der Waals surface area (Å²) in [5.74, 6) is 1.36. The molecule has 0 spiro atoms. The summed E-state index contributed by atoms with van der Waals surface area (Å²) in [6.45, 7) is 2.59. The number of nitriles is 1. The van der Waals surface area contributed by atoms with Crippen molar-refractivity contribution < 1.29 is 9.15 Å². The Morgan fingerprint density at radius 1 is 1.17 bits per heavy atom. The van der Waals surface area contributed by atoms with Crippen LogP contribution >= 0.6 is 0 Å². The third-order valence-corrected chi connectivity index (χ3v) is 3.64. The zero-order valence-corrected chi connectivity index (χ0v) is 13.5. The first kappa shape index (κ1) is 15.6. The summed E-state index contributed by atoms with van der Waals surface area (Å²) in [6, 6.07) is 17.6. The van der Waals surface area contributed by atoms with E-state index in [9.17, 15) is 5.26 Å². The molecule has 0 radical (unpaired) electrons. The molecule has 3 rings (SSSR count). The smallest absolute Gasteiger partial charge is 0.233 e. The minimum Gasteiger partial charge on any atom is -0.496 e. The van der Waals surface area contributed by atoms with E-state index in [4.69, 9.17) is 9.15 Å². The maximum atomic E-state index is 9.30. The summed E-state index contributed by atoms with van der Waals surface area (Å²) in [4.78, 5) is 4.26. The Morgan fingerprint density at radius 2 is 1.92 bits per heavy atom. The molecule has 0 bridgehead atoms. The van der Waals surface area contributed by atoms with Crippen molar-refractivity contribution in [3.8, 4) is 23.3 Å². The Hall–Kier alpha value is -3.26. The van der Waals surface area contributed by atoms with Gasteiger partial charge in [-0.1, -0.05) is 42.0 Å². The molecule has 120 valence electrons. The van der Waals surface area contributed by atoms with E-state index >= 15 is 0 Å². The average Bonchev–Trinajstić information content (AvgIpc) is 3.04. The third-order valence-electron chi connectivity index (χ3n) is 3.64. The molecule has 3 aromatic rings. The highest BCUT2D eigenvalue weighted by Crippen LogP contribution is 2.32. The summed E-state index contributed by atoms with van der Waals surface area (Å²) in [5, 5.41) is 12.4. The van der Waals surface area contributed by atoms with E-state index in [0.29, 0.717) is 29.6 Å². The standard InChI is InChI=1S/C19H17N3O2/c1-13-7-9-14(10-8-13)12-21-19-16(11-20)22-18(24-19)15-5-3-4-6-17(15)23-2/h3-10,21H,12H2,1-2H3. The zero-order chi connectivity index (χ0) is 16.9. The minimum absolute atomic E-state index is 0.225. The van der Waals surface area contributed by atoms with E-state index < -0.39 is 0 Å². The molecule has 1 heterocycles. The van der Waals surface area contributed by atoms with Crippen LogP contribution in [0.25, 0.3) is 11.5 Å². The van der Waals surface area contributed by atoms with Crippen LogP contribution in [0, 0.1) is 18.3 Å². The summed E-state index contributed by atoms with van der Waals surface area (Å²) >= 11 is 0. The lowest BCUT2D eigenvalue weighted by molar-refractivity contribution is 0.414. The number of aromatic nitrogens is 1. The van der Waals surface area contributed by atoms with Crippen molar-refractivity contribution in [3.63, 3.8) is 0 Å². The number of hydrogen-bond donors (Lipinski definition) is 1. The minimum atomic E-state index is 0.225. The number of nitrogens with zero attached hydrogens (tertiary/aromatic N) is 2. The van der Waals surface area contributed by atoms with Crippen LogP contribution < -0.4 is 10.1 Å². The van der Waals surface area contributed by atoms with Crippen LogP contribution in [0.5, 0.6) is 5.75 Å². The van der Waals surface area contributed by atoms with Gasteiger partial charge in [0.25, 0.3) is 0 Å². The lowest BCUT2D eigenvalue weighted by Crippen LogP contribution is -1.99. The number of ether oxygens (including phenoxy) is 1. The van der Waals surface area contributed by atoms with Gasteiger partial charge in [-0.3, -0.25) is 0 Å². The second kappa shape index (κ2) is 6.88. The lowest BCUT2D eigenvalue weighted by Gasteiger charge is -2.05. The first-order valence-corrected chi connectivity index (χ1v) is 7.55. The molecule has 5 nitrogen and oxygen atoms in total. The fourth-order valence-electron chi connectivity index (χ4n) is 2.34. The summed E-state index contributed by atoms with van der Waals surface area (Å²) < 4.78 is 11.1. The summed E-state index contributed by atoms with van der Waals surface area (Å²) in [6.07, 6.45) is 0. The van der Waals surface area contributed by atoms with Crippen molar-refractivity contribution in [1.29, 1.82) is 5.26 Å². The van der Waals surface area contributed by atoms with Crippen molar-refractivity contribution in [1.82, 2.24) is 4.98 Å². The molecule has 0 fully saturated rings. The van der Waals surface area contributed by atoms with Gasteiger partial charge in [0.1, 0.15) is 11.8 Å². The number of oxazole rings is 1. The van der Waals surface area contributed by atoms with Gasteiger partial charge in [0.05, 0.1) is 12.7 Å². The van der Waals surface area contributed by atoms with Crippen LogP contribution in [0.15, 0.2) is 52.9 Å². The van der Waals surface area contributed by atoms with Crippen LogP contribution in [0.4, 0.5) is 5.88 Å². The maximum Gasteiger partial charge on any atom is 0.233 e. The monoisotopic (exact) mass is 319 g/mol. The zero-order valence-electron chi connectivity index (χ0n) is 13.5. The van der Waals surface area contributed by atoms with E-state index in [1.54, 1.807) is 7.11 Å². The molecule has 0 saturated carbocycles. The number of rotatable bonds is 5. The number of hydrogen-bond acceptors (Lipinski definition) is 5. The van der Waals surface area contributed by atoms with Gasteiger partial charge in [0.2, 0.25) is 17.5 Å². The fourth-order valence-corrected chi connectivity index (χ4v) is 2.34. The lowest BCUT2D eigenvalue weighted by atomic mass is 10.1. The molecular weight excluding hydrogens is 302 g/mol. The van der Waals surface area contributed by atoms with Gasteiger partial charge in [-0.15, -0.1) is 0 Å². The number of para-hydroxylation sites is 1. The van der Waals surface area contributed by atoms with Gasteiger partial charge in [-0.05, 0) is 24.6 Å². The SMILES string of the molecule is COc1ccccc1-c1nc(C#N)c(NCc2ccc(C)cc2)o1. The highest BCUT2D eigenvalue weighted by molar-refractivity contribution is 5.65. The predicted octanol–water partition coefficient (Wildman–Crippen LogP) is 4.14.